The first-order chi connectivity index (χ1) is 11.6. The molecule has 1 fully saturated rings. The number of aromatic nitrogens is 2. The second kappa shape index (κ2) is 10.2. The fourth-order valence-corrected chi connectivity index (χ4v) is 3.32. The van der Waals surface area contributed by atoms with Crippen LogP contribution in [-0.4, -0.2) is 60.4 Å². The van der Waals surface area contributed by atoms with Gasteiger partial charge in [-0.2, -0.15) is 0 Å². The third-order valence-electron chi connectivity index (χ3n) is 4.69. The van der Waals surface area contributed by atoms with Crippen molar-refractivity contribution in [2.45, 2.75) is 57.3 Å². The molecule has 1 aromatic heterocycles. The number of piperazine rings is 1. The van der Waals surface area contributed by atoms with E-state index in [1.54, 1.807) is 11.8 Å². The molecule has 1 N–H and O–H groups in total. The Morgan fingerprint density at radius 3 is 2.67 bits per heavy atom. The molecule has 2 heterocycles. The van der Waals surface area contributed by atoms with E-state index in [2.05, 4.69) is 41.0 Å². The highest BCUT2D eigenvalue weighted by atomic mass is 32.2. The van der Waals surface area contributed by atoms with Crippen molar-refractivity contribution in [2.24, 2.45) is 0 Å². The average molecular weight is 352 g/mol. The molecule has 1 saturated heterocycles. The highest BCUT2D eigenvalue weighted by molar-refractivity contribution is 7.98. The van der Waals surface area contributed by atoms with Gasteiger partial charge >= 0.3 is 0 Å². The number of hydrogen-bond donors (Lipinski definition) is 1. The minimum atomic E-state index is 0.539. The lowest BCUT2D eigenvalue weighted by Gasteiger charge is -2.34. The van der Waals surface area contributed by atoms with Crippen LogP contribution < -0.4 is 10.2 Å². The van der Waals surface area contributed by atoms with Crippen molar-refractivity contribution >= 4 is 17.6 Å². The van der Waals surface area contributed by atoms with Crippen LogP contribution in [0.4, 0.5) is 5.82 Å². The average Bonchev–Trinajstić information content (AvgIpc) is 2.61. The molecule has 1 atom stereocenters. The van der Waals surface area contributed by atoms with Gasteiger partial charge in [0.2, 0.25) is 0 Å². The Balaban J connectivity index is 2.00. The van der Waals surface area contributed by atoms with Crippen molar-refractivity contribution in [2.75, 3.05) is 44.4 Å². The molecule has 0 spiro atoms. The van der Waals surface area contributed by atoms with Crippen molar-refractivity contribution in [1.29, 1.82) is 0 Å². The Labute approximate surface area is 151 Å². The van der Waals surface area contributed by atoms with Gasteiger partial charge in [0.05, 0.1) is 0 Å². The van der Waals surface area contributed by atoms with E-state index in [0.717, 1.165) is 43.7 Å². The van der Waals surface area contributed by atoms with Crippen molar-refractivity contribution < 1.29 is 0 Å². The molecule has 0 amide bonds. The highest BCUT2D eigenvalue weighted by Gasteiger charge is 2.19. The van der Waals surface area contributed by atoms with E-state index in [9.17, 15) is 0 Å². The van der Waals surface area contributed by atoms with Crippen LogP contribution in [0, 0.1) is 0 Å². The number of thioether (sulfide) groups is 1. The quantitative estimate of drug-likeness (QED) is 0.419. The first-order valence-corrected chi connectivity index (χ1v) is 10.4. The molecule has 0 radical (unpaired) electrons. The smallest absolute Gasteiger partial charge is 0.189 e. The molecule has 6 heteroatoms. The summed E-state index contributed by atoms with van der Waals surface area (Å²) in [4.78, 5) is 14.1. The zero-order valence-corrected chi connectivity index (χ0v) is 16.5. The monoisotopic (exact) mass is 351 g/mol. The summed E-state index contributed by atoms with van der Waals surface area (Å²) in [5.74, 6) is 1.12. The summed E-state index contributed by atoms with van der Waals surface area (Å²) in [7, 11) is 2.19. The summed E-state index contributed by atoms with van der Waals surface area (Å²) >= 11 is 1.61. The Hall–Kier alpha value is -0.850. The van der Waals surface area contributed by atoms with Gasteiger partial charge in [-0.05, 0) is 26.6 Å². The Morgan fingerprint density at radius 2 is 2.00 bits per heavy atom. The van der Waals surface area contributed by atoms with Gasteiger partial charge in [-0.25, -0.2) is 9.97 Å². The molecule has 1 aliphatic rings. The lowest BCUT2D eigenvalue weighted by Crippen LogP contribution is -2.45. The van der Waals surface area contributed by atoms with E-state index >= 15 is 0 Å². The zero-order valence-electron chi connectivity index (χ0n) is 15.7. The second-order valence-electron chi connectivity index (χ2n) is 6.77. The van der Waals surface area contributed by atoms with Crippen LogP contribution in [0.2, 0.25) is 0 Å². The molecular formula is C18H33N5S. The zero-order chi connectivity index (χ0) is 17.4. The largest absolute Gasteiger partial charge is 0.354 e. The van der Waals surface area contributed by atoms with Gasteiger partial charge in [0, 0.05) is 50.5 Å². The molecule has 1 unspecified atom stereocenters. The van der Waals surface area contributed by atoms with Crippen LogP contribution >= 0.6 is 11.8 Å². The number of nitrogens with one attached hydrogen (secondary N) is 1. The summed E-state index contributed by atoms with van der Waals surface area (Å²) in [6, 6.07) is 0.539. The summed E-state index contributed by atoms with van der Waals surface area (Å²) in [5.41, 5.74) is 1.22. The summed E-state index contributed by atoms with van der Waals surface area (Å²) in [5, 5.41) is 4.52. The van der Waals surface area contributed by atoms with Crippen molar-refractivity contribution in [3.8, 4) is 0 Å². The van der Waals surface area contributed by atoms with E-state index in [4.69, 9.17) is 4.98 Å². The van der Waals surface area contributed by atoms with Crippen LogP contribution in [0.5, 0.6) is 0 Å². The number of unbranched alkanes of at least 4 members (excludes halogenated alkanes) is 2. The van der Waals surface area contributed by atoms with Gasteiger partial charge in [-0.3, -0.25) is 0 Å². The molecule has 5 nitrogen and oxygen atoms in total. The molecule has 24 heavy (non-hydrogen) atoms. The molecule has 2 rings (SSSR count). The van der Waals surface area contributed by atoms with E-state index in [1.807, 2.05) is 12.5 Å². The second-order valence-corrected chi connectivity index (χ2v) is 7.55. The Morgan fingerprint density at radius 1 is 1.25 bits per heavy atom. The van der Waals surface area contributed by atoms with Gasteiger partial charge < -0.3 is 15.1 Å². The summed E-state index contributed by atoms with van der Waals surface area (Å²) in [6.07, 6.45) is 9.20. The number of anilines is 1. The SMILES string of the molecule is CCCCCC(C)NCc1cnc(SC)nc1N1CCN(C)CC1. The van der Waals surface area contributed by atoms with Crippen LogP contribution in [0.3, 0.4) is 0 Å². The molecule has 0 bridgehead atoms. The topological polar surface area (TPSA) is 44.3 Å². The molecule has 0 saturated carbocycles. The molecule has 0 aliphatic carbocycles. The Kier molecular flexibility index (Phi) is 8.29. The molecule has 1 aliphatic heterocycles. The first kappa shape index (κ1) is 19.5. The van der Waals surface area contributed by atoms with Gasteiger partial charge in [-0.15, -0.1) is 0 Å². The maximum atomic E-state index is 4.81. The van der Waals surface area contributed by atoms with Gasteiger partial charge in [0.15, 0.2) is 5.16 Å². The van der Waals surface area contributed by atoms with Gasteiger partial charge in [-0.1, -0.05) is 37.9 Å². The van der Waals surface area contributed by atoms with Gasteiger partial charge in [0.25, 0.3) is 0 Å². The van der Waals surface area contributed by atoms with Crippen LogP contribution in [0.15, 0.2) is 11.4 Å². The number of likely N-dealkylation sites (N-methyl/N-ethyl adjacent to an activating group) is 1. The fraction of sp³-hybridized carbons (Fsp3) is 0.778. The predicted molar refractivity (Wildman–Crippen MR) is 104 cm³/mol. The highest BCUT2D eigenvalue weighted by Crippen LogP contribution is 2.22. The summed E-state index contributed by atoms with van der Waals surface area (Å²) in [6.45, 7) is 9.66. The van der Waals surface area contributed by atoms with Crippen LogP contribution in [0.25, 0.3) is 0 Å². The van der Waals surface area contributed by atoms with Crippen molar-refractivity contribution in [1.82, 2.24) is 20.2 Å². The maximum absolute atomic E-state index is 4.81. The van der Waals surface area contributed by atoms with E-state index in [0.29, 0.717) is 6.04 Å². The van der Waals surface area contributed by atoms with Crippen molar-refractivity contribution in [3.05, 3.63) is 11.8 Å². The predicted octanol–water partition coefficient (Wildman–Crippen LogP) is 3.01. The minimum Gasteiger partial charge on any atom is -0.354 e. The molecule has 1 aromatic rings. The molecule has 0 aromatic carbocycles. The van der Waals surface area contributed by atoms with Crippen LogP contribution in [-0.2, 0) is 6.54 Å². The number of hydrogen-bond acceptors (Lipinski definition) is 6. The van der Waals surface area contributed by atoms with Crippen LogP contribution in [0.1, 0.15) is 45.1 Å². The lowest BCUT2D eigenvalue weighted by atomic mass is 10.1. The third-order valence-corrected chi connectivity index (χ3v) is 5.25. The normalized spacial score (nSPS) is 17.2. The third kappa shape index (κ3) is 5.90. The maximum Gasteiger partial charge on any atom is 0.189 e. The lowest BCUT2D eigenvalue weighted by molar-refractivity contribution is 0.311. The minimum absolute atomic E-state index is 0.539. The first-order valence-electron chi connectivity index (χ1n) is 9.20. The van der Waals surface area contributed by atoms with E-state index in [1.165, 1.54) is 31.2 Å². The summed E-state index contributed by atoms with van der Waals surface area (Å²) < 4.78 is 0. The number of nitrogens with zero attached hydrogens (tertiary/aromatic N) is 4. The molecular weight excluding hydrogens is 318 g/mol. The van der Waals surface area contributed by atoms with Crippen molar-refractivity contribution in [3.63, 3.8) is 0 Å². The fourth-order valence-electron chi connectivity index (χ4n) is 2.98. The Bertz CT molecular complexity index is 488. The standard InChI is InChI=1S/C18H33N5S/c1-5-6-7-8-15(2)19-13-16-14-20-18(24-4)21-17(16)23-11-9-22(3)10-12-23/h14-15,19H,5-13H2,1-4H3. The molecule has 136 valence electrons. The van der Waals surface area contributed by atoms with Gasteiger partial charge in [0.1, 0.15) is 5.82 Å². The van der Waals surface area contributed by atoms with E-state index < -0.39 is 0 Å². The number of rotatable bonds is 9. The van der Waals surface area contributed by atoms with E-state index in [-0.39, 0.29) is 0 Å².